The van der Waals surface area contributed by atoms with Crippen molar-refractivity contribution in [2.75, 3.05) is 5.32 Å². The third kappa shape index (κ3) is 3.19. The van der Waals surface area contributed by atoms with E-state index in [1.54, 1.807) is 16.7 Å². The lowest BCUT2D eigenvalue weighted by Gasteiger charge is -2.06. The second kappa shape index (κ2) is 6.38. The van der Waals surface area contributed by atoms with Crippen LogP contribution in [0.3, 0.4) is 0 Å². The second-order valence-electron chi connectivity index (χ2n) is 5.52. The average molecular weight is 326 g/mol. The summed E-state index contributed by atoms with van der Waals surface area (Å²) in [4.78, 5) is 24.3. The number of rotatable bonds is 4. The van der Waals surface area contributed by atoms with Crippen LogP contribution in [0.2, 0.25) is 0 Å². The number of hydrogen-bond donors (Lipinski definition) is 1. The van der Waals surface area contributed by atoms with Gasteiger partial charge in [0, 0.05) is 17.8 Å². The maximum atomic E-state index is 12.3. The molecule has 118 valence electrons. The van der Waals surface area contributed by atoms with Gasteiger partial charge in [0.1, 0.15) is 0 Å². The molecular weight excluding hydrogens is 308 g/mol. The Bertz CT molecular complexity index is 907. The number of hydrogen-bond acceptors (Lipinski definition) is 3. The molecule has 0 spiro atoms. The van der Waals surface area contributed by atoms with Gasteiger partial charge in [0.15, 0.2) is 0 Å². The molecule has 0 fully saturated rings. The molecule has 3 aromatic rings. The molecule has 1 heterocycles. The third-order valence-electron chi connectivity index (χ3n) is 3.69. The number of amides is 1. The summed E-state index contributed by atoms with van der Waals surface area (Å²) >= 11 is 1.21. The molecule has 0 atom stereocenters. The molecule has 0 saturated carbocycles. The van der Waals surface area contributed by atoms with E-state index in [9.17, 15) is 9.59 Å². The number of aromatic nitrogens is 1. The summed E-state index contributed by atoms with van der Waals surface area (Å²) in [5.41, 5.74) is 3.36. The Labute approximate surface area is 138 Å². The van der Waals surface area contributed by atoms with Crippen LogP contribution in [0.1, 0.15) is 29.3 Å². The summed E-state index contributed by atoms with van der Waals surface area (Å²) in [6.45, 7) is 4.75. The Morgan fingerprint density at radius 2 is 1.91 bits per heavy atom. The Morgan fingerprint density at radius 3 is 2.61 bits per heavy atom. The van der Waals surface area contributed by atoms with Gasteiger partial charge >= 0.3 is 4.87 Å². The fraction of sp³-hybridized carbons (Fsp3) is 0.222. The van der Waals surface area contributed by atoms with E-state index in [2.05, 4.69) is 5.32 Å². The first kappa shape index (κ1) is 15.5. The van der Waals surface area contributed by atoms with Crippen molar-refractivity contribution in [2.45, 2.75) is 26.8 Å². The zero-order valence-corrected chi connectivity index (χ0v) is 13.9. The summed E-state index contributed by atoms with van der Waals surface area (Å²) in [7, 11) is 0. The monoisotopic (exact) mass is 326 g/mol. The van der Waals surface area contributed by atoms with Crippen LogP contribution >= 0.6 is 11.3 Å². The maximum Gasteiger partial charge on any atom is 0.308 e. The first-order valence-corrected chi connectivity index (χ1v) is 8.41. The van der Waals surface area contributed by atoms with Crippen molar-refractivity contribution in [1.82, 2.24) is 4.57 Å². The number of carbonyl (C=O) groups excluding carboxylic acids is 1. The minimum absolute atomic E-state index is 0.0452. The molecule has 1 aromatic heterocycles. The molecule has 1 amide bonds. The second-order valence-corrected chi connectivity index (χ2v) is 6.52. The summed E-state index contributed by atoms with van der Waals surface area (Å²) in [5, 5.41) is 2.89. The van der Waals surface area contributed by atoms with Crippen LogP contribution in [0.5, 0.6) is 0 Å². The van der Waals surface area contributed by atoms with Crippen molar-refractivity contribution in [1.29, 1.82) is 0 Å². The molecule has 0 radical (unpaired) electrons. The predicted molar refractivity (Wildman–Crippen MR) is 95.5 cm³/mol. The van der Waals surface area contributed by atoms with Crippen LogP contribution in [0.25, 0.3) is 10.2 Å². The highest BCUT2D eigenvalue weighted by Crippen LogP contribution is 2.22. The van der Waals surface area contributed by atoms with Gasteiger partial charge in [-0.05, 0) is 43.7 Å². The smallest absolute Gasteiger partial charge is 0.308 e. The van der Waals surface area contributed by atoms with Gasteiger partial charge < -0.3 is 5.32 Å². The quantitative estimate of drug-likeness (QED) is 0.787. The standard InChI is InChI=1S/C18H18N2O2S/c1-3-10-20-15-9-8-14(11-16(15)23-18(20)22)19-17(21)13-6-4-12(2)5-7-13/h4-9,11H,3,10H2,1-2H3,(H,19,21). The Kier molecular flexibility index (Phi) is 4.30. The molecule has 0 bridgehead atoms. The molecule has 4 nitrogen and oxygen atoms in total. The van der Waals surface area contributed by atoms with E-state index in [-0.39, 0.29) is 10.8 Å². The molecule has 23 heavy (non-hydrogen) atoms. The number of nitrogens with one attached hydrogen (secondary N) is 1. The number of benzene rings is 2. The summed E-state index contributed by atoms with van der Waals surface area (Å²) in [6, 6.07) is 13.0. The molecular formula is C18H18N2O2S. The Morgan fingerprint density at radius 1 is 1.17 bits per heavy atom. The fourth-order valence-electron chi connectivity index (χ4n) is 2.49. The number of thiazole rings is 1. The van der Waals surface area contributed by atoms with Crippen molar-refractivity contribution in [2.24, 2.45) is 0 Å². The highest BCUT2D eigenvalue weighted by molar-refractivity contribution is 7.16. The lowest BCUT2D eigenvalue weighted by atomic mass is 10.1. The number of aryl methyl sites for hydroxylation is 2. The summed E-state index contributed by atoms with van der Waals surface area (Å²) in [6.07, 6.45) is 0.914. The fourth-order valence-corrected chi connectivity index (χ4v) is 3.44. The highest BCUT2D eigenvalue weighted by atomic mass is 32.1. The summed E-state index contributed by atoms with van der Waals surface area (Å²) in [5.74, 6) is -0.148. The zero-order chi connectivity index (χ0) is 16.4. The van der Waals surface area contributed by atoms with Crippen LogP contribution in [0.15, 0.2) is 47.3 Å². The Hall–Kier alpha value is -2.40. The Balaban J connectivity index is 1.87. The normalized spacial score (nSPS) is 10.9. The lowest BCUT2D eigenvalue weighted by Crippen LogP contribution is -2.12. The van der Waals surface area contributed by atoms with Crippen LogP contribution in [-0.4, -0.2) is 10.5 Å². The summed E-state index contributed by atoms with van der Waals surface area (Å²) < 4.78 is 2.68. The molecule has 3 rings (SSSR count). The number of anilines is 1. The van der Waals surface area contributed by atoms with Crippen molar-refractivity contribution in [3.8, 4) is 0 Å². The van der Waals surface area contributed by atoms with Gasteiger partial charge in [-0.25, -0.2) is 0 Å². The highest BCUT2D eigenvalue weighted by Gasteiger charge is 2.10. The lowest BCUT2D eigenvalue weighted by molar-refractivity contribution is 0.102. The van der Waals surface area contributed by atoms with E-state index >= 15 is 0 Å². The predicted octanol–water partition coefficient (Wildman–Crippen LogP) is 4.03. The van der Waals surface area contributed by atoms with Crippen molar-refractivity contribution in [3.63, 3.8) is 0 Å². The molecule has 1 N–H and O–H groups in total. The van der Waals surface area contributed by atoms with Gasteiger partial charge in [-0.1, -0.05) is 36.0 Å². The van der Waals surface area contributed by atoms with Crippen LogP contribution in [-0.2, 0) is 6.54 Å². The third-order valence-corrected chi connectivity index (χ3v) is 4.63. The molecule has 0 aliphatic rings. The topological polar surface area (TPSA) is 51.1 Å². The minimum Gasteiger partial charge on any atom is -0.322 e. The van der Waals surface area contributed by atoms with Crippen LogP contribution in [0.4, 0.5) is 5.69 Å². The van der Waals surface area contributed by atoms with Gasteiger partial charge in [-0.15, -0.1) is 0 Å². The van der Waals surface area contributed by atoms with Gasteiger partial charge in [-0.3, -0.25) is 14.2 Å². The SMILES string of the molecule is CCCn1c(=O)sc2cc(NC(=O)c3ccc(C)cc3)ccc21. The molecule has 0 aliphatic heterocycles. The maximum absolute atomic E-state index is 12.3. The number of fused-ring (bicyclic) bond motifs is 1. The van der Waals surface area contributed by atoms with E-state index < -0.39 is 0 Å². The van der Waals surface area contributed by atoms with Gasteiger partial charge in [-0.2, -0.15) is 0 Å². The van der Waals surface area contributed by atoms with E-state index in [4.69, 9.17) is 0 Å². The van der Waals surface area contributed by atoms with E-state index in [1.807, 2.05) is 44.2 Å². The molecule has 2 aromatic carbocycles. The van der Waals surface area contributed by atoms with Crippen LogP contribution < -0.4 is 10.2 Å². The van der Waals surface area contributed by atoms with Gasteiger partial charge in [0.25, 0.3) is 5.91 Å². The largest absolute Gasteiger partial charge is 0.322 e. The molecule has 0 saturated heterocycles. The minimum atomic E-state index is -0.148. The van der Waals surface area contributed by atoms with Crippen molar-refractivity contribution >= 4 is 33.1 Å². The molecule has 0 unspecified atom stereocenters. The van der Waals surface area contributed by atoms with Gasteiger partial charge in [0.05, 0.1) is 10.2 Å². The van der Waals surface area contributed by atoms with Crippen molar-refractivity contribution < 1.29 is 4.79 Å². The average Bonchev–Trinajstić information content (AvgIpc) is 2.83. The van der Waals surface area contributed by atoms with E-state index in [0.717, 1.165) is 22.2 Å². The zero-order valence-electron chi connectivity index (χ0n) is 13.1. The van der Waals surface area contributed by atoms with Gasteiger partial charge in [0.2, 0.25) is 0 Å². The van der Waals surface area contributed by atoms with Crippen LogP contribution in [0, 0.1) is 6.92 Å². The first-order valence-electron chi connectivity index (χ1n) is 7.60. The number of carbonyl (C=O) groups is 1. The van der Waals surface area contributed by atoms with Crippen molar-refractivity contribution in [3.05, 3.63) is 63.3 Å². The molecule has 5 heteroatoms. The molecule has 0 aliphatic carbocycles. The number of nitrogens with zero attached hydrogens (tertiary/aromatic N) is 1. The van der Waals surface area contributed by atoms with E-state index in [1.165, 1.54) is 11.3 Å². The first-order chi connectivity index (χ1) is 11.1. The van der Waals surface area contributed by atoms with E-state index in [0.29, 0.717) is 17.8 Å².